The van der Waals surface area contributed by atoms with Crippen LogP contribution in [0.3, 0.4) is 0 Å². The van der Waals surface area contributed by atoms with E-state index in [0.29, 0.717) is 13.0 Å². The monoisotopic (exact) mass is 190 g/mol. The van der Waals surface area contributed by atoms with Crippen molar-refractivity contribution in [3.05, 3.63) is 0 Å². The van der Waals surface area contributed by atoms with Gasteiger partial charge in [-0.25, -0.2) is 0 Å². The van der Waals surface area contributed by atoms with Crippen LogP contribution in [0.1, 0.15) is 27.2 Å². The second kappa shape index (κ2) is 3.92. The first-order valence-corrected chi connectivity index (χ1v) is 4.58. The summed E-state index contributed by atoms with van der Waals surface area (Å²) in [6.07, 6.45) is -1.14. The predicted octanol–water partition coefficient (Wildman–Crippen LogP) is 0.270. The summed E-state index contributed by atoms with van der Waals surface area (Å²) in [7, 11) is 0. The molecule has 78 valence electrons. The minimum absolute atomic E-state index is 0.111. The molecule has 2 N–H and O–H groups in total. The second-order valence-corrected chi connectivity index (χ2v) is 3.99. The van der Waals surface area contributed by atoms with Crippen molar-refractivity contribution in [2.24, 2.45) is 0 Å². The molecule has 1 aliphatic heterocycles. The summed E-state index contributed by atoms with van der Waals surface area (Å²) in [6, 6.07) is 0. The summed E-state index contributed by atoms with van der Waals surface area (Å²) in [5, 5.41) is 18.4. The minimum Gasteiger partial charge on any atom is -0.391 e. The van der Waals surface area contributed by atoms with Crippen LogP contribution in [-0.2, 0) is 9.47 Å². The fourth-order valence-corrected chi connectivity index (χ4v) is 1.35. The van der Waals surface area contributed by atoms with Crippen molar-refractivity contribution in [1.29, 1.82) is 0 Å². The Labute approximate surface area is 78.5 Å². The highest BCUT2D eigenvalue weighted by atomic mass is 16.7. The molecule has 1 aliphatic rings. The van der Waals surface area contributed by atoms with E-state index >= 15 is 0 Å². The first-order valence-electron chi connectivity index (χ1n) is 4.58. The van der Waals surface area contributed by atoms with Gasteiger partial charge in [-0.3, -0.25) is 0 Å². The lowest BCUT2D eigenvalue weighted by atomic mass is 10.1. The van der Waals surface area contributed by atoms with Gasteiger partial charge in [0, 0.05) is 6.42 Å². The Balaban J connectivity index is 2.32. The van der Waals surface area contributed by atoms with Gasteiger partial charge in [0.05, 0.1) is 24.9 Å². The molecule has 0 amide bonds. The average molecular weight is 190 g/mol. The lowest BCUT2D eigenvalue weighted by molar-refractivity contribution is -0.143. The molecule has 4 nitrogen and oxygen atoms in total. The zero-order valence-corrected chi connectivity index (χ0v) is 8.36. The molecule has 0 spiro atoms. The molecule has 0 aromatic heterocycles. The van der Waals surface area contributed by atoms with Gasteiger partial charge in [-0.2, -0.15) is 0 Å². The predicted molar refractivity (Wildman–Crippen MR) is 47.2 cm³/mol. The SMILES string of the molecule is CC(O)C(O)CC1COC(C)(C)O1. The lowest BCUT2D eigenvalue weighted by Gasteiger charge is -2.19. The van der Waals surface area contributed by atoms with E-state index in [1.54, 1.807) is 6.92 Å². The molecule has 3 unspecified atom stereocenters. The topological polar surface area (TPSA) is 58.9 Å². The fourth-order valence-electron chi connectivity index (χ4n) is 1.35. The van der Waals surface area contributed by atoms with E-state index in [1.165, 1.54) is 0 Å². The molecule has 1 heterocycles. The minimum atomic E-state index is -0.734. The van der Waals surface area contributed by atoms with E-state index < -0.39 is 18.0 Å². The standard InChI is InChI=1S/C9H18O4/c1-6(10)8(11)4-7-5-12-9(2,3)13-7/h6-8,10-11H,4-5H2,1-3H3. The van der Waals surface area contributed by atoms with Gasteiger partial charge in [0.15, 0.2) is 5.79 Å². The molecular weight excluding hydrogens is 172 g/mol. The van der Waals surface area contributed by atoms with Crippen molar-refractivity contribution >= 4 is 0 Å². The maximum Gasteiger partial charge on any atom is 0.163 e. The highest BCUT2D eigenvalue weighted by Crippen LogP contribution is 2.25. The van der Waals surface area contributed by atoms with Gasteiger partial charge in [0.1, 0.15) is 0 Å². The molecule has 13 heavy (non-hydrogen) atoms. The molecule has 1 saturated heterocycles. The molecular formula is C9H18O4. The first-order chi connectivity index (χ1) is 5.91. The van der Waals surface area contributed by atoms with Crippen molar-refractivity contribution in [2.45, 2.75) is 51.3 Å². The number of hydrogen-bond acceptors (Lipinski definition) is 4. The quantitative estimate of drug-likeness (QED) is 0.670. The van der Waals surface area contributed by atoms with Crippen LogP contribution in [0.25, 0.3) is 0 Å². The molecule has 1 fully saturated rings. The Morgan fingerprint density at radius 2 is 2.08 bits per heavy atom. The number of aliphatic hydroxyl groups is 2. The summed E-state index contributed by atoms with van der Waals surface area (Å²) >= 11 is 0. The van der Waals surface area contributed by atoms with Crippen LogP contribution in [0, 0.1) is 0 Å². The van der Waals surface area contributed by atoms with Crippen LogP contribution in [0.5, 0.6) is 0 Å². The Morgan fingerprint density at radius 3 is 2.46 bits per heavy atom. The van der Waals surface area contributed by atoms with Gasteiger partial charge < -0.3 is 19.7 Å². The number of hydrogen-bond donors (Lipinski definition) is 2. The molecule has 0 aliphatic carbocycles. The third-order valence-corrected chi connectivity index (χ3v) is 2.13. The van der Waals surface area contributed by atoms with Crippen molar-refractivity contribution in [3.8, 4) is 0 Å². The molecule has 3 atom stereocenters. The van der Waals surface area contributed by atoms with Crippen LogP contribution < -0.4 is 0 Å². The lowest BCUT2D eigenvalue weighted by Crippen LogP contribution is -2.29. The molecule has 0 saturated carbocycles. The summed E-state index contributed by atoms with van der Waals surface area (Å²) < 4.78 is 10.8. The highest BCUT2D eigenvalue weighted by molar-refractivity contribution is 4.75. The van der Waals surface area contributed by atoms with E-state index in [9.17, 15) is 5.11 Å². The third-order valence-electron chi connectivity index (χ3n) is 2.13. The van der Waals surface area contributed by atoms with E-state index in [0.717, 1.165) is 0 Å². The van der Waals surface area contributed by atoms with E-state index in [2.05, 4.69) is 0 Å². The zero-order chi connectivity index (χ0) is 10.1. The second-order valence-electron chi connectivity index (χ2n) is 3.99. The van der Waals surface area contributed by atoms with E-state index in [1.807, 2.05) is 13.8 Å². The summed E-state index contributed by atoms with van der Waals surface area (Å²) in [4.78, 5) is 0. The number of ether oxygens (including phenoxy) is 2. The maximum absolute atomic E-state index is 9.37. The molecule has 4 heteroatoms. The maximum atomic E-state index is 9.37. The van der Waals surface area contributed by atoms with Gasteiger partial charge >= 0.3 is 0 Å². The molecule has 0 radical (unpaired) electrons. The number of aliphatic hydroxyl groups excluding tert-OH is 2. The summed E-state index contributed by atoms with van der Waals surface area (Å²) in [6.45, 7) is 5.71. The van der Waals surface area contributed by atoms with Crippen LogP contribution in [-0.4, -0.2) is 40.9 Å². The van der Waals surface area contributed by atoms with Gasteiger partial charge in [0.25, 0.3) is 0 Å². The van der Waals surface area contributed by atoms with Gasteiger partial charge in [-0.05, 0) is 20.8 Å². The Morgan fingerprint density at radius 1 is 1.46 bits per heavy atom. The third kappa shape index (κ3) is 3.23. The summed E-state index contributed by atoms with van der Waals surface area (Å²) in [5.41, 5.74) is 0. The largest absolute Gasteiger partial charge is 0.391 e. The molecule has 0 aromatic carbocycles. The van der Waals surface area contributed by atoms with Crippen molar-refractivity contribution in [1.82, 2.24) is 0 Å². The normalized spacial score (nSPS) is 31.6. The van der Waals surface area contributed by atoms with E-state index in [-0.39, 0.29) is 6.10 Å². The molecule has 1 rings (SSSR count). The van der Waals surface area contributed by atoms with Crippen molar-refractivity contribution in [3.63, 3.8) is 0 Å². The van der Waals surface area contributed by atoms with Crippen LogP contribution in [0.2, 0.25) is 0 Å². The first kappa shape index (κ1) is 10.9. The molecule has 0 aromatic rings. The zero-order valence-electron chi connectivity index (χ0n) is 8.36. The van der Waals surface area contributed by atoms with Crippen LogP contribution in [0.4, 0.5) is 0 Å². The summed E-state index contributed by atoms with van der Waals surface area (Å²) in [5.74, 6) is -0.552. The Hall–Kier alpha value is -0.160. The van der Waals surface area contributed by atoms with Crippen LogP contribution in [0.15, 0.2) is 0 Å². The highest BCUT2D eigenvalue weighted by Gasteiger charge is 2.34. The van der Waals surface area contributed by atoms with Crippen LogP contribution >= 0.6 is 0 Å². The average Bonchev–Trinajstić information content (AvgIpc) is 2.30. The van der Waals surface area contributed by atoms with Crippen molar-refractivity contribution in [2.75, 3.05) is 6.61 Å². The molecule has 0 bridgehead atoms. The van der Waals surface area contributed by atoms with Gasteiger partial charge in [-0.15, -0.1) is 0 Å². The van der Waals surface area contributed by atoms with Crippen molar-refractivity contribution < 1.29 is 19.7 Å². The van der Waals surface area contributed by atoms with E-state index in [4.69, 9.17) is 14.6 Å². The smallest absolute Gasteiger partial charge is 0.163 e. The fraction of sp³-hybridized carbons (Fsp3) is 1.00. The number of rotatable bonds is 3. The Kier molecular flexibility index (Phi) is 3.29. The van der Waals surface area contributed by atoms with Gasteiger partial charge in [0.2, 0.25) is 0 Å². The van der Waals surface area contributed by atoms with Gasteiger partial charge in [-0.1, -0.05) is 0 Å². The Bertz CT molecular complexity index is 167.